The number of aromatic nitrogens is 2. The number of rotatable bonds is 8. The van der Waals surface area contributed by atoms with E-state index in [-0.39, 0.29) is 18.3 Å². The molecular weight excluding hydrogens is 313 g/mol. The van der Waals surface area contributed by atoms with E-state index in [1.165, 1.54) is 24.3 Å². The summed E-state index contributed by atoms with van der Waals surface area (Å²) in [5.41, 5.74) is 0.565. The number of nitrogens with zero attached hydrogens (tertiary/aromatic N) is 2. The average molecular weight is 333 g/mol. The summed E-state index contributed by atoms with van der Waals surface area (Å²) < 4.78 is 18.0. The summed E-state index contributed by atoms with van der Waals surface area (Å²) in [4.78, 5) is 16.1. The van der Waals surface area contributed by atoms with Crippen LogP contribution in [-0.2, 0) is 11.2 Å². The number of carbonyl (C=O) groups is 1. The number of hydrogen-bond acceptors (Lipinski definition) is 5. The highest BCUT2D eigenvalue weighted by atomic mass is 19.1. The lowest BCUT2D eigenvalue weighted by molar-refractivity contribution is -0.121. The van der Waals surface area contributed by atoms with E-state index in [0.717, 1.165) is 18.7 Å². The molecule has 1 amide bonds. The number of aryl methyl sites for hydroxylation is 1. The van der Waals surface area contributed by atoms with Gasteiger partial charge in [0.15, 0.2) is 5.82 Å². The van der Waals surface area contributed by atoms with Crippen molar-refractivity contribution in [3.05, 3.63) is 47.4 Å². The van der Waals surface area contributed by atoms with E-state index in [1.54, 1.807) is 0 Å². The van der Waals surface area contributed by atoms with Gasteiger partial charge in [-0.1, -0.05) is 17.3 Å². The van der Waals surface area contributed by atoms with Gasteiger partial charge in [0.2, 0.25) is 11.8 Å². The lowest BCUT2D eigenvalue weighted by atomic mass is 10.1. The fourth-order valence-corrected chi connectivity index (χ4v) is 2.38. The minimum Gasteiger partial charge on any atom is -0.387 e. The highest BCUT2D eigenvalue weighted by molar-refractivity contribution is 5.75. The largest absolute Gasteiger partial charge is 0.387 e. The molecule has 0 bridgehead atoms. The zero-order chi connectivity index (χ0) is 16.9. The Morgan fingerprint density at radius 3 is 2.83 bits per heavy atom. The smallest absolute Gasteiger partial charge is 0.226 e. The highest BCUT2D eigenvalue weighted by Crippen LogP contribution is 2.38. The van der Waals surface area contributed by atoms with Crippen molar-refractivity contribution in [2.45, 2.75) is 44.1 Å². The monoisotopic (exact) mass is 333 g/mol. The molecule has 1 saturated carbocycles. The Kier molecular flexibility index (Phi) is 5.20. The van der Waals surface area contributed by atoms with Crippen LogP contribution in [0.15, 0.2) is 28.8 Å². The van der Waals surface area contributed by atoms with Gasteiger partial charge in [0.1, 0.15) is 5.82 Å². The Morgan fingerprint density at radius 1 is 1.38 bits per heavy atom. The minimum atomic E-state index is -0.855. The summed E-state index contributed by atoms with van der Waals surface area (Å²) in [5.74, 6) is 1.28. The van der Waals surface area contributed by atoms with E-state index in [4.69, 9.17) is 4.52 Å². The van der Waals surface area contributed by atoms with E-state index in [0.29, 0.717) is 36.6 Å². The number of carbonyl (C=O) groups excluding carboxylic acids is 1. The van der Waals surface area contributed by atoms with Crippen molar-refractivity contribution < 1.29 is 18.8 Å². The summed E-state index contributed by atoms with van der Waals surface area (Å²) >= 11 is 0. The van der Waals surface area contributed by atoms with Crippen LogP contribution in [-0.4, -0.2) is 27.7 Å². The quantitative estimate of drug-likeness (QED) is 0.773. The molecule has 3 rings (SSSR count). The molecule has 0 saturated heterocycles. The number of halogens is 1. The molecule has 7 heteroatoms. The van der Waals surface area contributed by atoms with Gasteiger partial charge in [0, 0.05) is 25.3 Å². The first-order chi connectivity index (χ1) is 11.6. The molecule has 1 aromatic heterocycles. The molecule has 2 N–H and O–H groups in total. The second-order valence-corrected chi connectivity index (χ2v) is 6.05. The molecule has 2 aromatic rings. The van der Waals surface area contributed by atoms with Gasteiger partial charge in [-0.3, -0.25) is 4.79 Å². The molecule has 6 nitrogen and oxygen atoms in total. The number of nitrogens with one attached hydrogen (secondary N) is 1. The Balaban J connectivity index is 1.35. The summed E-state index contributed by atoms with van der Waals surface area (Å²) in [7, 11) is 0. The third-order valence-corrected chi connectivity index (χ3v) is 3.97. The summed E-state index contributed by atoms with van der Waals surface area (Å²) in [5, 5.41) is 16.5. The predicted molar refractivity (Wildman–Crippen MR) is 83.6 cm³/mol. The predicted octanol–water partition coefficient (Wildman–Crippen LogP) is 2.26. The van der Waals surface area contributed by atoms with Gasteiger partial charge in [0.05, 0.1) is 6.10 Å². The fourth-order valence-electron chi connectivity index (χ4n) is 2.38. The van der Waals surface area contributed by atoms with Gasteiger partial charge >= 0.3 is 0 Å². The topological polar surface area (TPSA) is 88.2 Å². The van der Waals surface area contributed by atoms with E-state index < -0.39 is 6.10 Å². The van der Waals surface area contributed by atoms with Gasteiger partial charge < -0.3 is 14.9 Å². The number of amides is 1. The van der Waals surface area contributed by atoms with Crippen LogP contribution in [0.4, 0.5) is 4.39 Å². The van der Waals surface area contributed by atoms with Crippen molar-refractivity contribution in [2.75, 3.05) is 6.54 Å². The highest BCUT2D eigenvalue weighted by Gasteiger charge is 2.28. The van der Waals surface area contributed by atoms with Crippen molar-refractivity contribution in [1.29, 1.82) is 0 Å². The zero-order valence-corrected chi connectivity index (χ0v) is 13.2. The van der Waals surface area contributed by atoms with Crippen LogP contribution in [0.5, 0.6) is 0 Å². The van der Waals surface area contributed by atoms with Crippen molar-refractivity contribution in [1.82, 2.24) is 15.5 Å². The number of aliphatic hydroxyl groups excluding tert-OH is 1. The minimum absolute atomic E-state index is 0.0941. The molecular formula is C17H20FN3O3. The van der Waals surface area contributed by atoms with Crippen LogP contribution in [0, 0.1) is 5.82 Å². The van der Waals surface area contributed by atoms with Crippen molar-refractivity contribution in [3.63, 3.8) is 0 Å². The third-order valence-electron chi connectivity index (χ3n) is 3.97. The van der Waals surface area contributed by atoms with Crippen LogP contribution < -0.4 is 5.32 Å². The van der Waals surface area contributed by atoms with E-state index in [2.05, 4.69) is 15.5 Å². The molecule has 1 fully saturated rings. The summed E-state index contributed by atoms with van der Waals surface area (Å²) in [6, 6.07) is 5.56. The van der Waals surface area contributed by atoms with Crippen LogP contribution >= 0.6 is 0 Å². The third kappa shape index (κ3) is 4.61. The SMILES string of the molecule is O=C(CCCc1nc(C2CC2)no1)NCC(O)c1ccc(F)cc1. The standard InChI is InChI=1S/C17H20FN3O3/c18-13-8-6-11(7-9-13)14(22)10-19-15(23)2-1-3-16-20-17(21-24-16)12-4-5-12/h6-9,12,14,22H,1-5,10H2,(H,19,23). The van der Waals surface area contributed by atoms with E-state index >= 15 is 0 Å². The molecule has 0 radical (unpaired) electrons. The van der Waals surface area contributed by atoms with Crippen LogP contribution in [0.2, 0.25) is 0 Å². The lowest BCUT2D eigenvalue weighted by Crippen LogP contribution is -2.28. The van der Waals surface area contributed by atoms with Crippen molar-refractivity contribution >= 4 is 5.91 Å². The fraction of sp³-hybridized carbons (Fsp3) is 0.471. The molecule has 1 aromatic carbocycles. The maximum Gasteiger partial charge on any atom is 0.226 e. The van der Waals surface area contributed by atoms with Crippen LogP contribution in [0.25, 0.3) is 0 Å². The zero-order valence-electron chi connectivity index (χ0n) is 13.2. The van der Waals surface area contributed by atoms with Gasteiger partial charge in [-0.15, -0.1) is 0 Å². The molecule has 1 aliphatic carbocycles. The van der Waals surface area contributed by atoms with Gasteiger partial charge in [-0.05, 0) is 37.0 Å². The lowest BCUT2D eigenvalue weighted by Gasteiger charge is -2.12. The maximum absolute atomic E-state index is 12.8. The first-order valence-electron chi connectivity index (χ1n) is 8.14. The summed E-state index contributed by atoms with van der Waals surface area (Å²) in [6.07, 6.45) is 2.87. The molecule has 1 unspecified atom stereocenters. The number of benzene rings is 1. The molecule has 128 valence electrons. The molecule has 1 atom stereocenters. The average Bonchev–Trinajstić information content (AvgIpc) is 3.33. The van der Waals surface area contributed by atoms with Crippen LogP contribution in [0.1, 0.15) is 55.0 Å². The Morgan fingerprint density at radius 2 is 2.12 bits per heavy atom. The number of hydrogen-bond donors (Lipinski definition) is 2. The van der Waals surface area contributed by atoms with Gasteiger partial charge in [-0.25, -0.2) is 4.39 Å². The molecule has 1 heterocycles. The first-order valence-corrected chi connectivity index (χ1v) is 8.14. The maximum atomic E-state index is 12.8. The first kappa shape index (κ1) is 16.6. The van der Waals surface area contributed by atoms with Crippen molar-refractivity contribution in [2.24, 2.45) is 0 Å². The normalized spacial score (nSPS) is 15.2. The second-order valence-electron chi connectivity index (χ2n) is 6.05. The van der Waals surface area contributed by atoms with Gasteiger partial charge in [-0.2, -0.15) is 4.98 Å². The number of aliphatic hydroxyl groups is 1. The molecule has 0 aliphatic heterocycles. The van der Waals surface area contributed by atoms with Crippen LogP contribution in [0.3, 0.4) is 0 Å². The van der Waals surface area contributed by atoms with Crippen molar-refractivity contribution in [3.8, 4) is 0 Å². The Bertz CT molecular complexity index is 683. The second kappa shape index (κ2) is 7.53. The summed E-state index contributed by atoms with van der Waals surface area (Å²) in [6.45, 7) is 0.0941. The van der Waals surface area contributed by atoms with Gasteiger partial charge in [0.25, 0.3) is 0 Å². The molecule has 0 spiro atoms. The molecule has 1 aliphatic rings. The molecule has 24 heavy (non-hydrogen) atoms. The Labute approximate surface area is 139 Å². The Hall–Kier alpha value is -2.28. The van der Waals surface area contributed by atoms with E-state index in [9.17, 15) is 14.3 Å². The van der Waals surface area contributed by atoms with E-state index in [1.807, 2.05) is 0 Å².